The van der Waals surface area contributed by atoms with E-state index in [9.17, 15) is 4.79 Å². The van der Waals surface area contributed by atoms with Crippen molar-refractivity contribution in [3.8, 4) is 34.1 Å². The highest BCUT2D eigenvalue weighted by molar-refractivity contribution is 5.76. The molecule has 4 rings (SSSR count). The van der Waals surface area contributed by atoms with E-state index in [1.807, 2.05) is 60.7 Å². The van der Waals surface area contributed by atoms with Gasteiger partial charge in [0.2, 0.25) is 5.89 Å². The van der Waals surface area contributed by atoms with Gasteiger partial charge in [0.1, 0.15) is 17.2 Å². The Balaban J connectivity index is 1.58. The van der Waals surface area contributed by atoms with Crippen LogP contribution in [0.1, 0.15) is 19.2 Å². The molecule has 0 atom stereocenters. The smallest absolute Gasteiger partial charge is 0.310 e. The lowest BCUT2D eigenvalue weighted by Crippen LogP contribution is -2.05. The van der Waals surface area contributed by atoms with Crippen molar-refractivity contribution >= 4 is 5.97 Å². The number of hydrogen-bond donors (Lipinski definition) is 0. The van der Waals surface area contributed by atoms with Gasteiger partial charge in [0.25, 0.3) is 0 Å². The summed E-state index contributed by atoms with van der Waals surface area (Å²) in [7, 11) is 0. The molecule has 0 spiro atoms. The zero-order valence-corrected chi connectivity index (χ0v) is 16.6. The van der Waals surface area contributed by atoms with Crippen molar-refractivity contribution in [3.05, 3.63) is 90.8 Å². The van der Waals surface area contributed by atoms with Gasteiger partial charge >= 0.3 is 5.97 Å². The molecular formula is C25H21NO4. The molecule has 4 aromatic rings. The van der Waals surface area contributed by atoms with E-state index in [1.54, 1.807) is 31.2 Å². The highest BCUT2D eigenvalue weighted by Crippen LogP contribution is 2.33. The number of benzene rings is 3. The van der Waals surface area contributed by atoms with Crippen LogP contribution in [0.5, 0.6) is 11.5 Å². The molecule has 150 valence electrons. The zero-order chi connectivity index (χ0) is 20.8. The summed E-state index contributed by atoms with van der Waals surface area (Å²) in [5, 5.41) is 0. The van der Waals surface area contributed by atoms with Crippen LogP contribution < -0.4 is 9.47 Å². The number of aromatic nitrogens is 1. The SMILES string of the molecule is CCC(=O)Oc1cccc(OCc2nc(-c3ccccc3)c(-c3ccccc3)o2)c1. The van der Waals surface area contributed by atoms with Crippen LogP contribution in [0.25, 0.3) is 22.6 Å². The monoisotopic (exact) mass is 399 g/mol. The van der Waals surface area contributed by atoms with Gasteiger partial charge in [0, 0.05) is 23.6 Å². The van der Waals surface area contributed by atoms with Gasteiger partial charge in [-0.3, -0.25) is 4.79 Å². The Bertz CT molecular complexity index is 1060. The summed E-state index contributed by atoms with van der Waals surface area (Å²) in [6, 6.07) is 26.7. The van der Waals surface area contributed by atoms with Gasteiger partial charge < -0.3 is 13.9 Å². The first-order valence-corrected chi connectivity index (χ1v) is 9.77. The third-order valence-electron chi connectivity index (χ3n) is 4.44. The summed E-state index contributed by atoms with van der Waals surface area (Å²) in [6.45, 7) is 1.90. The molecule has 3 aromatic carbocycles. The lowest BCUT2D eigenvalue weighted by atomic mass is 10.1. The second-order valence-electron chi connectivity index (χ2n) is 6.61. The van der Waals surface area contributed by atoms with Gasteiger partial charge in [0.05, 0.1) is 0 Å². The average molecular weight is 399 g/mol. The third-order valence-corrected chi connectivity index (χ3v) is 4.44. The Hall–Kier alpha value is -3.86. The molecule has 0 saturated carbocycles. The summed E-state index contributed by atoms with van der Waals surface area (Å²) >= 11 is 0. The first-order chi connectivity index (χ1) is 14.7. The van der Waals surface area contributed by atoms with Crippen LogP contribution in [-0.2, 0) is 11.4 Å². The lowest BCUT2D eigenvalue weighted by Gasteiger charge is -2.06. The number of rotatable bonds is 7. The summed E-state index contributed by atoms with van der Waals surface area (Å²) in [6.07, 6.45) is 0.311. The fourth-order valence-electron chi connectivity index (χ4n) is 2.98. The lowest BCUT2D eigenvalue weighted by molar-refractivity contribution is -0.134. The van der Waals surface area contributed by atoms with E-state index in [1.165, 1.54) is 0 Å². The van der Waals surface area contributed by atoms with Crippen molar-refractivity contribution in [2.75, 3.05) is 0 Å². The van der Waals surface area contributed by atoms with Crippen molar-refractivity contribution in [2.45, 2.75) is 20.0 Å². The summed E-state index contributed by atoms with van der Waals surface area (Å²) in [4.78, 5) is 16.2. The van der Waals surface area contributed by atoms with Gasteiger partial charge in [-0.1, -0.05) is 73.7 Å². The minimum atomic E-state index is -0.292. The van der Waals surface area contributed by atoms with E-state index in [4.69, 9.17) is 13.9 Å². The number of nitrogens with zero attached hydrogens (tertiary/aromatic N) is 1. The first-order valence-electron chi connectivity index (χ1n) is 9.77. The molecule has 1 aromatic heterocycles. The van der Waals surface area contributed by atoms with Crippen LogP contribution in [0.15, 0.2) is 89.3 Å². The number of esters is 1. The van der Waals surface area contributed by atoms with Gasteiger partial charge in [-0.2, -0.15) is 0 Å². The molecule has 0 unspecified atom stereocenters. The number of carbonyl (C=O) groups is 1. The Kier molecular flexibility index (Phi) is 5.90. The first kappa shape index (κ1) is 19.5. The van der Waals surface area contributed by atoms with Crippen molar-refractivity contribution in [3.63, 3.8) is 0 Å². The van der Waals surface area contributed by atoms with Crippen LogP contribution in [0, 0.1) is 0 Å². The third kappa shape index (κ3) is 4.58. The minimum Gasteiger partial charge on any atom is -0.484 e. The van der Waals surface area contributed by atoms with E-state index in [0.717, 1.165) is 16.8 Å². The predicted octanol–water partition coefficient (Wildman–Crippen LogP) is 5.90. The average Bonchev–Trinajstić information content (AvgIpc) is 3.23. The molecule has 0 saturated heterocycles. The Morgan fingerprint density at radius 2 is 1.53 bits per heavy atom. The summed E-state index contributed by atoms with van der Waals surface area (Å²) in [5.41, 5.74) is 2.69. The Morgan fingerprint density at radius 3 is 2.23 bits per heavy atom. The van der Waals surface area contributed by atoms with Crippen molar-refractivity contribution < 1.29 is 18.7 Å². The number of hydrogen-bond acceptors (Lipinski definition) is 5. The van der Waals surface area contributed by atoms with E-state index >= 15 is 0 Å². The number of carbonyl (C=O) groups excluding carboxylic acids is 1. The standard InChI is InChI=1S/C25H21NO4/c1-2-23(27)29-21-15-9-14-20(16-21)28-17-22-26-24(18-10-5-3-6-11-18)25(30-22)19-12-7-4-8-13-19/h3-16H,2,17H2,1H3. The van der Waals surface area contributed by atoms with Gasteiger partial charge in [-0.25, -0.2) is 4.98 Å². The molecular weight excluding hydrogens is 378 g/mol. The molecule has 5 nitrogen and oxygen atoms in total. The van der Waals surface area contributed by atoms with Crippen LogP contribution in [0.2, 0.25) is 0 Å². The number of oxazole rings is 1. The van der Waals surface area contributed by atoms with E-state index < -0.39 is 0 Å². The molecule has 30 heavy (non-hydrogen) atoms. The van der Waals surface area contributed by atoms with Crippen LogP contribution in [0.4, 0.5) is 0 Å². The molecule has 0 bridgehead atoms. The van der Waals surface area contributed by atoms with Crippen LogP contribution in [-0.4, -0.2) is 11.0 Å². The fraction of sp³-hybridized carbons (Fsp3) is 0.120. The largest absolute Gasteiger partial charge is 0.484 e. The summed E-state index contributed by atoms with van der Waals surface area (Å²) in [5.74, 6) is 1.88. The molecule has 0 aliphatic rings. The normalized spacial score (nSPS) is 10.6. The molecule has 0 aliphatic carbocycles. The Labute approximate surface area is 174 Å². The van der Waals surface area contributed by atoms with E-state index in [-0.39, 0.29) is 12.6 Å². The van der Waals surface area contributed by atoms with Gasteiger partial charge in [-0.15, -0.1) is 0 Å². The minimum absolute atomic E-state index is 0.151. The quantitative estimate of drug-likeness (QED) is 0.286. The highest BCUT2D eigenvalue weighted by Gasteiger charge is 2.17. The molecule has 0 radical (unpaired) electrons. The highest BCUT2D eigenvalue weighted by atomic mass is 16.5. The maximum atomic E-state index is 11.5. The molecule has 5 heteroatoms. The van der Waals surface area contributed by atoms with Crippen LogP contribution in [0.3, 0.4) is 0 Å². The molecule has 1 heterocycles. The maximum Gasteiger partial charge on any atom is 0.310 e. The summed E-state index contributed by atoms with van der Waals surface area (Å²) < 4.78 is 17.1. The van der Waals surface area contributed by atoms with Crippen molar-refractivity contribution in [1.29, 1.82) is 0 Å². The molecule has 0 amide bonds. The second-order valence-corrected chi connectivity index (χ2v) is 6.61. The predicted molar refractivity (Wildman–Crippen MR) is 114 cm³/mol. The molecule has 0 fully saturated rings. The Morgan fingerprint density at radius 1 is 0.867 bits per heavy atom. The van der Waals surface area contributed by atoms with Crippen molar-refractivity contribution in [1.82, 2.24) is 4.98 Å². The zero-order valence-electron chi connectivity index (χ0n) is 16.6. The van der Waals surface area contributed by atoms with Crippen molar-refractivity contribution in [2.24, 2.45) is 0 Å². The molecule has 0 N–H and O–H groups in total. The number of ether oxygens (including phenoxy) is 2. The second kappa shape index (κ2) is 9.09. The maximum absolute atomic E-state index is 11.5. The van der Waals surface area contributed by atoms with Gasteiger partial charge in [0.15, 0.2) is 12.4 Å². The van der Waals surface area contributed by atoms with Crippen LogP contribution >= 0.6 is 0 Å². The van der Waals surface area contributed by atoms with Gasteiger partial charge in [-0.05, 0) is 12.1 Å². The van der Waals surface area contributed by atoms with E-state index in [0.29, 0.717) is 29.6 Å². The van der Waals surface area contributed by atoms with E-state index in [2.05, 4.69) is 4.98 Å². The molecule has 0 aliphatic heterocycles. The fourth-order valence-corrected chi connectivity index (χ4v) is 2.98. The topological polar surface area (TPSA) is 61.6 Å².